The number of allylic oxidation sites excluding steroid dienone is 8. The molecule has 1 atom stereocenters. The molecule has 1 aliphatic carbocycles. The molecule has 0 amide bonds. The molecule has 0 aliphatic heterocycles. The van der Waals surface area contributed by atoms with E-state index in [0.29, 0.717) is 0 Å². The summed E-state index contributed by atoms with van der Waals surface area (Å²) in [6.45, 7) is 33.8. The van der Waals surface area contributed by atoms with Crippen molar-refractivity contribution in [3.05, 3.63) is 179 Å². The Morgan fingerprint density at radius 3 is 2.28 bits per heavy atom. The molecule has 3 aromatic rings. The summed E-state index contributed by atoms with van der Waals surface area (Å²) in [7, 11) is 2.20. The number of hydrogen-bond acceptors (Lipinski definition) is 4. The Bertz CT molecular complexity index is 1780. The zero-order chi connectivity index (χ0) is 39.5. The molecule has 288 valence electrons. The summed E-state index contributed by atoms with van der Waals surface area (Å²) in [6.07, 6.45) is 16.9. The van der Waals surface area contributed by atoms with Crippen molar-refractivity contribution < 1.29 is 0 Å². The zero-order valence-corrected chi connectivity index (χ0v) is 35.3. The maximum absolute atomic E-state index is 4.70. The van der Waals surface area contributed by atoms with Crippen molar-refractivity contribution in [1.82, 2.24) is 10.2 Å². The average molecular weight is 742 g/mol. The van der Waals surface area contributed by atoms with Crippen LogP contribution in [0, 0.1) is 13.8 Å². The van der Waals surface area contributed by atoms with E-state index in [0.717, 1.165) is 81.0 Å². The zero-order valence-electron chi connectivity index (χ0n) is 34.5. The third-order valence-corrected chi connectivity index (χ3v) is 11.4. The first-order chi connectivity index (χ1) is 26.1. The summed E-state index contributed by atoms with van der Waals surface area (Å²) < 4.78 is 0. The SMILES string of the molecule is C=CC(C(=C)C/C(=C\C)CCN(C)CCC(=C)Nc1ccc(CNCCc2ccc(C)c(C)c2SC(=C)C)cc1)(C1=CC=CCC1)c1ccccc1.CC. The quantitative estimate of drug-likeness (QED) is 0.0646. The molecule has 3 nitrogen and oxygen atoms in total. The van der Waals surface area contributed by atoms with Gasteiger partial charge in [-0.2, -0.15) is 0 Å². The number of hydrogen-bond donors (Lipinski definition) is 2. The van der Waals surface area contributed by atoms with Gasteiger partial charge in [0, 0.05) is 35.9 Å². The lowest BCUT2D eigenvalue weighted by atomic mass is 9.65. The van der Waals surface area contributed by atoms with Gasteiger partial charge in [-0.05, 0) is 125 Å². The molecule has 0 spiro atoms. The van der Waals surface area contributed by atoms with Gasteiger partial charge >= 0.3 is 0 Å². The van der Waals surface area contributed by atoms with Gasteiger partial charge in [0.25, 0.3) is 0 Å². The maximum Gasteiger partial charge on any atom is 0.0552 e. The van der Waals surface area contributed by atoms with E-state index in [1.807, 2.05) is 13.8 Å². The minimum absolute atomic E-state index is 0.361. The molecule has 1 aliphatic rings. The van der Waals surface area contributed by atoms with Crippen LogP contribution in [0.15, 0.2) is 156 Å². The van der Waals surface area contributed by atoms with Gasteiger partial charge in [-0.1, -0.05) is 147 Å². The van der Waals surface area contributed by atoms with Crippen LogP contribution in [0.3, 0.4) is 0 Å². The van der Waals surface area contributed by atoms with Crippen molar-refractivity contribution in [2.24, 2.45) is 0 Å². The van der Waals surface area contributed by atoms with E-state index >= 15 is 0 Å². The van der Waals surface area contributed by atoms with Crippen LogP contribution in [-0.4, -0.2) is 31.6 Å². The minimum atomic E-state index is -0.361. The molecular weight excluding hydrogens is 675 g/mol. The van der Waals surface area contributed by atoms with Gasteiger partial charge in [-0.25, -0.2) is 0 Å². The van der Waals surface area contributed by atoms with E-state index in [-0.39, 0.29) is 5.41 Å². The highest BCUT2D eigenvalue weighted by atomic mass is 32.2. The fourth-order valence-electron chi connectivity index (χ4n) is 6.95. The van der Waals surface area contributed by atoms with Crippen LogP contribution in [0.2, 0.25) is 0 Å². The summed E-state index contributed by atoms with van der Waals surface area (Å²) in [5.74, 6) is 0. The summed E-state index contributed by atoms with van der Waals surface area (Å²) >= 11 is 1.79. The smallest absolute Gasteiger partial charge is 0.0552 e. The number of benzene rings is 3. The molecule has 0 aromatic heterocycles. The van der Waals surface area contributed by atoms with Crippen molar-refractivity contribution in [2.45, 2.75) is 96.9 Å². The summed E-state index contributed by atoms with van der Waals surface area (Å²) in [5.41, 5.74) is 12.3. The second-order valence-electron chi connectivity index (χ2n) is 14.2. The first-order valence-corrected chi connectivity index (χ1v) is 20.6. The Morgan fingerprint density at radius 2 is 1.65 bits per heavy atom. The van der Waals surface area contributed by atoms with Gasteiger partial charge in [0.1, 0.15) is 0 Å². The number of aryl methyl sites for hydroxylation is 1. The van der Waals surface area contributed by atoms with Gasteiger partial charge in [0.05, 0.1) is 5.41 Å². The third kappa shape index (κ3) is 12.8. The molecule has 0 bridgehead atoms. The van der Waals surface area contributed by atoms with E-state index in [2.05, 4.69) is 167 Å². The van der Waals surface area contributed by atoms with Crippen LogP contribution in [-0.2, 0) is 18.4 Å². The fraction of sp³-hybridized carbons (Fsp3) is 0.360. The van der Waals surface area contributed by atoms with Crippen LogP contribution in [0.4, 0.5) is 5.69 Å². The molecule has 0 radical (unpaired) electrons. The van der Waals surface area contributed by atoms with E-state index in [4.69, 9.17) is 6.58 Å². The molecular formula is C50H67N3S. The molecule has 54 heavy (non-hydrogen) atoms. The molecule has 4 rings (SSSR count). The highest BCUT2D eigenvalue weighted by Crippen LogP contribution is 2.45. The predicted octanol–water partition coefficient (Wildman–Crippen LogP) is 13.2. The Kier molecular flexibility index (Phi) is 18.8. The largest absolute Gasteiger partial charge is 0.359 e. The van der Waals surface area contributed by atoms with Crippen molar-refractivity contribution in [2.75, 3.05) is 32.0 Å². The van der Waals surface area contributed by atoms with Crippen LogP contribution in [0.5, 0.6) is 0 Å². The van der Waals surface area contributed by atoms with Crippen molar-refractivity contribution in [1.29, 1.82) is 0 Å². The highest BCUT2D eigenvalue weighted by Gasteiger charge is 2.36. The van der Waals surface area contributed by atoms with E-state index in [1.165, 1.54) is 49.4 Å². The first kappa shape index (κ1) is 44.3. The lowest BCUT2D eigenvalue weighted by Gasteiger charge is -2.37. The number of nitrogens with one attached hydrogen (secondary N) is 2. The Hall–Kier alpha value is -4.09. The molecule has 0 saturated carbocycles. The van der Waals surface area contributed by atoms with Crippen LogP contribution in [0.1, 0.15) is 87.6 Å². The molecule has 0 heterocycles. The van der Waals surface area contributed by atoms with Crippen LogP contribution >= 0.6 is 11.8 Å². The normalized spacial score (nSPS) is 13.7. The fourth-order valence-corrected chi connectivity index (χ4v) is 7.91. The van der Waals surface area contributed by atoms with Gasteiger partial charge in [-0.3, -0.25) is 0 Å². The lowest BCUT2D eigenvalue weighted by Crippen LogP contribution is -2.29. The van der Waals surface area contributed by atoms with E-state index in [9.17, 15) is 0 Å². The second-order valence-corrected chi connectivity index (χ2v) is 15.5. The predicted molar refractivity (Wildman–Crippen MR) is 242 cm³/mol. The maximum atomic E-state index is 4.70. The van der Waals surface area contributed by atoms with Crippen LogP contribution in [0.25, 0.3) is 0 Å². The number of thioether (sulfide) groups is 1. The number of rotatable bonds is 21. The highest BCUT2D eigenvalue weighted by molar-refractivity contribution is 8.03. The summed E-state index contributed by atoms with van der Waals surface area (Å²) in [5, 5.41) is 7.15. The van der Waals surface area contributed by atoms with Gasteiger partial charge in [-0.15, -0.1) is 6.58 Å². The number of anilines is 1. The first-order valence-electron chi connectivity index (χ1n) is 19.8. The minimum Gasteiger partial charge on any atom is -0.359 e. The molecule has 0 fully saturated rings. The topological polar surface area (TPSA) is 27.3 Å². The molecule has 0 saturated heterocycles. The molecule has 3 aromatic carbocycles. The number of nitrogens with zero attached hydrogens (tertiary/aromatic N) is 1. The average Bonchev–Trinajstić information content (AvgIpc) is 3.19. The van der Waals surface area contributed by atoms with Gasteiger partial charge in [0.2, 0.25) is 0 Å². The van der Waals surface area contributed by atoms with Gasteiger partial charge in [0.15, 0.2) is 0 Å². The van der Waals surface area contributed by atoms with Gasteiger partial charge < -0.3 is 15.5 Å². The van der Waals surface area contributed by atoms with Crippen molar-refractivity contribution in [3.8, 4) is 0 Å². The summed E-state index contributed by atoms with van der Waals surface area (Å²) in [6, 6.07) is 24.0. The molecule has 4 heteroatoms. The lowest BCUT2D eigenvalue weighted by molar-refractivity contribution is 0.341. The van der Waals surface area contributed by atoms with Crippen molar-refractivity contribution in [3.63, 3.8) is 0 Å². The standard InChI is InChI=1S/C48H61N3S.C2H6/c1-10-41(34-38(6)48(11-2,44-18-14-12-15-19-44)45-20-16-13-17-21-45)30-33-51(9)32-29-39(7)50-46-26-23-42(24-27-46)35-49-31-28-43-25-22-37(5)40(8)47(43)52-36(3)4;1-2/h10-16,18-20,22-27,49-50H,2-3,6-7,17,21,28-35H2,1,4-5,8-9H3;1-2H3/b41-10-;. The van der Waals surface area contributed by atoms with E-state index in [1.54, 1.807) is 11.8 Å². The Labute approximate surface area is 333 Å². The Balaban J connectivity index is 0.00000385. The monoisotopic (exact) mass is 742 g/mol. The van der Waals surface area contributed by atoms with Crippen LogP contribution < -0.4 is 10.6 Å². The van der Waals surface area contributed by atoms with E-state index < -0.39 is 0 Å². The molecule has 2 N–H and O–H groups in total. The second kappa shape index (κ2) is 23.0. The third-order valence-electron chi connectivity index (χ3n) is 10.3. The Morgan fingerprint density at radius 1 is 0.944 bits per heavy atom. The molecule has 1 unspecified atom stereocenters. The van der Waals surface area contributed by atoms with Crippen molar-refractivity contribution >= 4 is 17.4 Å². The summed E-state index contributed by atoms with van der Waals surface area (Å²) in [4.78, 5) is 4.89.